The maximum Gasteiger partial charge on any atom is 0.251 e. The number of nitrogens with one attached hydrogen (secondary N) is 1. The van der Waals surface area contributed by atoms with Crippen LogP contribution in [0.4, 0.5) is 0 Å². The number of likely N-dealkylation sites (tertiary alicyclic amines) is 1. The summed E-state index contributed by atoms with van der Waals surface area (Å²) < 4.78 is 0. The lowest BCUT2D eigenvalue weighted by Gasteiger charge is -2.34. The lowest BCUT2D eigenvalue weighted by Crippen LogP contribution is -2.40. The molecule has 2 amide bonds. The minimum absolute atomic E-state index is 0.108. The Morgan fingerprint density at radius 3 is 2.25 bits per heavy atom. The van der Waals surface area contributed by atoms with Crippen molar-refractivity contribution >= 4 is 11.8 Å². The Hall–Kier alpha value is -2.66. The molecule has 1 aliphatic rings. The van der Waals surface area contributed by atoms with Crippen LogP contribution >= 0.6 is 0 Å². The van der Waals surface area contributed by atoms with E-state index >= 15 is 0 Å². The maximum atomic E-state index is 12.4. The quantitative estimate of drug-likeness (QED) is 0.725. The zero-order valence-corrected chi connectivity index (χ0v) is 16.1. The highest BCUT2D eigenvalue weighted by atomic mass is 16.3. The second-order valence-corrected chi connectivity index (χ2v) is 7.30. The van der Waals surface area contributed by atoms with Crippen LogP contribution in [0.25, 0.3) is 0 Å². The summed E-state index contributed by atoms with van der Waals surface area (Å²) in [7, 11) is 0. The van der Waals surface area contributed by atoms with Gasteiger partial charge in [-0.1, -0.05) is 48.5 Å². The molecule has 3 rings (SSSR count). The molecule has 5 nitrogen and oxygen atoms in total. The topological polar surface area (TPSA) is 69.6 Å². The first-order chi connectivity index (χ1) is 13.6. The molecule has 0 saturated carbocycles. The van der Waals surface area contributed by atoms with Crippen LogP contribution in [-0.4, -0.2) is 41.5 Å². The number of hydrogen-bond donors (Lipinski definition) is 2. The van der Waals surface area contributed by atoms with Gasteiger partial charge in [0.15, 0.2) is 0 Å². The molecule has 1 fully saturated rings. The summed E-state index contributed by atoms with van der Waals surface area (Å²) in [6.07, 6.45) is 2.22. The van der Waals surface area contributed by atoms with Gasteiger partial charge in [0.05, 0.1) is 6.10 Å². The highest BCUT2D eigenvalue weighted by Crippen LogP contribution is 2.30. The summed E-state index contributed by atoms with van der Waals surface area (Å²) in [5, 5.41) is 13.4. The number of benzene rings is 2. The lowest BCUT2D eigenvalue weighted by molar-refractivity contribution is -0.133. The molecule has 5 heteroatoms. The summed E-state index contributed by atoms with van der Waals surface area (Å²) in [6, 6.07) is 18.8. The molecule has 2 N–H and O–H groups in total. The van der Waals surface area contributed by atoms with Gasteiger partial charge in [0, 0.05) is 31.6 Å². The number of aliphatic hydroxyl groups excluding tert-OH is 1. The van der Waals surface area contributed by atoms with Gasteiger partial charge in [0.1, 0.15) is 0 Å². The fourth-order valence-electron chi connectivity index (χ4n) is 3.68. The molecule has 1 aliphatic heterocycles. The highest BCUT2D eigenvalue weighted by Gasteiger charge is 2.27. The number of hydrogen-bond acceptors (Lipinski definition) is 3. The van der Waals surface area contributed by atoms with E-state index in [1.165, 1.54) is 0 Å². The van der Waals surface area contributed by atoms with Crippen LogP contribution in [-0.2, 0) is 4.79 Å². The second-order valence-electron chi connectivity index (χ2n) is 7.30. The first-order valence-electron chi connectivity index (χ1n) is 9.99. The van der Waals surface area contributed by atoms with E-state index < -0.39 is 6.10 Å². The Bertz CT molecular complexity index is 756. The van der Waals surface area contributed by atoms with E-state index in [0.717, 1.165) is 18.4 Å². The molecule has 1 heterocycles. The standard InChI is InChI=1S/C23H28N2O3/c26-21(12-7-15-24-23(28)20-10-5-2-6-11-20)25-16-13-19(14-17-25)22(27)18-8-3-1-4-9-18/h1-6,8-11,19,22,27H,7,12-17H2,(H,24,28). The monoisotopic (exact) mass is 380 g/mol. The number of rotatable bonds is 7. The van der Waals surface area contributed by atoms with Crippen molar-refractivity contribution in [3.05, 3.63) is 71.8 Å². The number of nitrogens with zero attached hydrogens (tertiary/aromatic N) is 1. The van der Waals surface area contributed by atoms with E-state index in [2.05, 4.69) is 5.32 Å². The first-order valence-corrected chi connectivity index (χ1v) is 9.99. The summed E-state index contributed by atoms with van der Waals surface area (Å²) in [6.45, 7) is 1.86. The minimum atomic E-state index is -0.466. The molecule has 1 atom stereocenters. The average molecular weight is 380 g/mol. The molecule has 0 bridgehead atoms. The first kappa shape index (κ1) is 20.1. The fraction of sp³-hybridized carbons (Fsp3) is 0.391. The SMILES string of the molecule is O=C(NCCCC(=O)N1CCC(C(O)c2ccccc2)CC1)c1ccccc1. The average Bonchev–Trinajstić information content (AvgIpc) is 2.77. The fourth-order valence-corrected chi connectivity index (χ4v) is 3.68. The van der Waals surface area contributed by atoms with Crippen LogP contribution in [0, 0.1) is 5.92 Å². The molecule has 2 aromatic carbocycles. The summed E-state index contributed by atoms with van der Waals surface area (Å²) >= 11 is 0. The van der Waals surface area contributed by atoms with Crippen molar-refractivity contribution in [3.63, 3.8) is 0 Å². The third-order valence-electron chi connectivity index (χ3n) is 5.37. The summed E-state index contributed by atoms with van der Waals surface area (Å²) in [4.78, 5) is 26.3. The zero-order valence-electron chi connectivity index (χ0n) is 16.1. The molecule has 0 radical (unpaired) electrons. The molecule has 148 valence electrons. The Morgan fingerprint density at radius 1 is 1.00 bits per heavy atom. The molecule has 0 aromatic heterocycles. The number of amides is 2. The normalized spacial score (nSPS) is 15.8. The van der Waals surface area contributed by atoms with Gasteiger partial charge >= 0.3 is 0 Å². The molecular weight excluding hydrogens is 352 g/mol. The lowest BCUT2D eigenvalue weighted by atomic mass is 9.87. The third-order valence-corrected chi connectivity index (χ3v) is 5.37. The van der Waals surface area contributed by atoms with E-state index in [1.54, 1.807) is 12.1 Å². The molecule has 28 heavy (non-hydrogen) atoms. The largest absolute Gasteiger partial charge is 0.388 e. The van der Waals surface area contributed by atoms with Gasteiger partial charge in [-0.05, 0) is 42.9 Å². The van der Waals surface area contributed by atoms with Crippen molar-refractivity contribution in [1.29, 1.82) is 0 Å². The highest BCUT2D eigenvalue weighted by molar-refractivity contribution is 5.94. The van der Waals surface area contributed by atoms with Crippen LogP contribution in [0.1, 0.15) is 47.7 Å². The molecule has 0 spiro atoms. The summed E-state index contributed by atoms with van der Waals surface area (Å²) in [5.74, 6) is 0.210. The Labute approximate surface area is 166 Å². The van der Waals surface area contributed by atoms with Crippen molar-refractivity contribution in [2.24, 2.45) is 5.92 Å². The second kappa shape index (κ2) is 10.0. The maximum absolute atomic E-state index is 12.4. The molecule has 0 aliphatic carbocycles. The van der Waals surface area contributed by atoms with E-state index in [-0.39, 0.29) is 17.7 Å². The molecule has 2 aromatic rings. The van der Waals surface area contributed by atoms with Crippen molar-refractivity contribution in [2.75, 3.05) is 19.6 Å². The predicted octanol–water partition coefficient (Wildman–Crippen LogP) is 3.17. The van der Waals surface area contributed by atoms with Crippen molar-refractivity contribution in [3.8, 4) is 0 Å². The van der Waals surface area contributed by atoms with E-state index in [4.69, 9.17) is 0 Å². The summed E-state index contributed by atoms with van der Waals surface area (Å²) in [5.41, 5.74) is 1.58. The van der Waals surface area contributed by atoms with Gasteiger partial charge in [-0.2, -0.15) is 0 Å². The van der Waals surface area contributed by atoms with Gasteiger partial charge in [-0.15, -0.1) is 0 Å². The van der Waals surface area contributed by atoms with Gasteiger partial charge < -0.3 is 15.3 Å². The number of carbonyl (C=O) groups is 2. The smallest absolute Gasteiger partial charge is 0.251 e. The van der Waals surface area contributed by atoms with Gasteiger partial charge in [0.25, 0.3) is 5.91 Å². The number of carbonyl (C=O) groups excluding carboxylic acids is 2. The van der Waals surface area contributed by atoms with Gasteiger partial charge in [0.2, 0.25) is 5.91 Å². The Kier molecular flexibility index (Phi) is 7.20. The third kappa shape index (κ3) is 5.42. The molecule has 1 saturated heterocycles. The Morgan fingerprint density at radius 2 is 1.61 bits per heavy atom. The van der Waals surface area contributed by atoms with E-state index in [1.807, 2.05) is 53.4 Å². The number of aliphatic hydroxyl groups is 1. The van der Waals surface area contributed by atoms with Gasteiger partial charge in [-0.25, -0.2) is 0 Å². The molecule has 1 unspecified atom stereocenters. The van der Waals surface area contributed by atoms with Gasteiger partial charge in [-0.3, -0.25) is 9.59 Å². The van der Waals surface area contributed by atoms with Crippen molar-refractivity contribution < 1.29 is 14.7 Å². The van der Waals surface area contributed by atoms with Crippen LogP contribution < -0.4 is 5.32 Å². The zero-order chi connectivity index (χ0) is 19.8. The van der Waals surface area contributed by atoms with Crippen LogP contribution in [0.15, 0.2) is 60.7 Å². The minimum Gasteiger partial charge on any atom is -0.388 e. The number of piperidine rings is 1. The Balaban J connectivity index is 1.35. The predicted molar refractivity (Wildman–Crippen MR) is 109 cm³/mol. The molecular formula is C23H28N2O3. The van der Waals surface area contributed by atoms with Crippen LogP contribution in [0.2, 0.25) is 0 Å². The van der Waals surface area contributed by atoms with Crippen LogP contribution in [0.3, 0.4) is 0 Å². The van der Waals surface area contributed by atoms with E-state index in [0.29, 0.717) is 38.0 Å². The van der Waals surface area contributed by atoms with E-state index in [9.17, 15) is 14.7 Å². The van der Waals surface area contributed by atoms with Crippen molar-refractivity contribution in [1.82, 2.24) is 10.2 Å². The van der Waals surface area contributed by atoms with Crippen molar-refractivity contribution in [2.45, 2.75) is 31.8 Å². The van der Waals surface area contributed by atoms with Crippen LogP contribution in [0.5, 0.6) is 0 Å².